The first kappa shape index (κ1) is 20.9. The van der Waals surface area contributed by atoms with Crippen molar-refractivity contribution in [3.8, 4) is 0 Å². The Morgan fingerprint density at radius 2 is 2.07 bits per heavy atom. The zero-order chi connectivity index (χ0) is 21.3. The number of fused-ring (bicyclic) bond motifs is 3. The van der Waals surface area contributed by atoms with Crippen LogP contribution in [0.25, 0.3) is 10.9 Å². The van der Waals surface area contributed by atoms with Crippen LogP contribution < -0.4 is 5.32 Å². The van der Waals surface area contributed by atoms with Crippen molar-refractivity contribution < 1.29 is 4.79 Å². The highest BCUT2D eigenvalue weighted by atomic mass is 35.5. The topological polar surface area (TPSA) is 50.2 Å². The van der Waals surface area contributed by atoms with E-state index in [1.807, 2.05) is 18.5 Å². The number of benzene rings is 1. The predicted octanol–water partition coefficient (Wildman–Crippen LogP) is 3.95. The number of aryl methyl sites for hydroxylation is 1. The maximum Gasteiger partial charge on any atom is 0.220 e. The number of hydrogen-bond donors (Lipinski definition) is 1. The molecule has 1 aromatic carbocycles. The second-order valence-corrected chi connectivity index (χ2v) is 8.74. The molecule has 5 nitrogen and oxygen atoms in total. The number of hydrogen-bond acceptors (Lipinski definition) is 3. The van der Waals surface area contributed by atoms with Crippen LogP contribution in [-0.4, -0.2) is 47.5 Å². The van der Waals surface area contributed by atoms with E-state index in [1.165, 1.54) is 27.7 Å². The number of carbonyl (C=O) groups excluding carboxylic acids is 1. The fraction of sp³-hybridized carbons (Fsp3) is 0.417. The maximum absolute atomic E-state index is 12.4. The van der Waals surface area contributed by atoms with Crippen molar-refractivity contribution in [2.24, 2.45) is 0 Å². The van der Waals surface area contributed by atoms with Gasteiger partial charge in [-0.2, -0.15) is 0 Å². The number of aromatic nitrogens is 2. The smallest absolute Gasteiger partial charge is 0.220 e. The van der Waals surface area contributed by atoms with Gasteiger partial charge >= 0.3 is 0 Å². The minimum absolute atomic E-state index is 0.0570. The molecule has 6 heteroatoms. The number of nitrogens with one attached hydrogen (secondary N) is 1. The number of rotatable bonds is 5. The summed E-state index contributed by atoms with van der Waals surface area (Å²) in [5.74, 6) is 0.130. The lowest BCUT2D eigenvalue weighted by molar-refractivity contribution is -0.121. The van der Waals surface area contributed by atoms with Gasteiger partial charge in [-0.1, -0.05) is 11.6 Å². The number of halogens is 1. The molecule has 0 fully saturated rings. The van der Waals surface area contributed by atoms with Gasteiger partial charge in [0.1, 0.15) is 0 Å². The van der Waals surface area contributed by atoms with Crippen LogP contribution in [0.2, 0.25) is 5.02 Å². The molecule has 0 saturated heterocycles. The van der Waals surface area contributed by atoms with Crippen LogP contribution in [0.3, 0.4) is 0 Å². The molecule has 1 N–H and O–H groups in total. The molecular weight excluding hydrogens is 396 g/mol. The van der Waals surface area contributed by atoms with E-state index in [1.54, 1.807) is 7.05 Å². The molecule has 3 heterocycles. The van der Waals surface area contributed by atoms with Crippen molar-refractivity contribution in [3.05, 3.63) is 64.1 Å². The summed E-state index contributed by atoms with van der Waals surface area (Å²) in [4.78, 5) is 19.0. The molecule has 3 aromatic rings. The van der Waals surface area contributed by atoms with Crippen molar-refractivity contribution in [1.82, 2.24) is 19.8 Å². The van der Waals surface area contributed by atoms with Gasteiger partial charge < -0.3 is 14.8 Å². The molecule has 1 amide bonds. The second kappa shape index (κ2) is 8.78. The summed E-state index contributed by atoms with van der Waals surface area (Å²) in [5.41, 5.74) is 6.30. The summed E-state index contributed by atoms with van der Waals surface area (Å²) in [6, 6.07) is 8.25. The molecule has 0 saturated carbocycles. The van der Waals surface area contributed by atoms with Gasteiger partial charge in [0.2, 0.25) is 5.91 Å². The standard InChI is InChI=1S/C24H29ClN4O/c1-16-14-27-9-6-19(16)17(12-24(30)26-2)15-29-22-5-4-18(25)13-21(22)20-7-10-28(3)11-8-23(20)29/h4-6,9,13-14,17H,7-8,10-12,15H2,1-3H3,(H,26,30). The fourth-order valence-corrected chi connectivity index (χ4v) is 4.87. The fourth-order valence-electron chi connectivity index (χ4n) is 4.69. The first-order valence-corrected chi connectivity index (χ1v) is 10.9. The highest BCUT2D eigenvalue weighted by Gasteiger charge is 2.25. The summed E-state index contributed by atoms with van der Waals surface area (Å²) in [5, 5.41) is 4.82. The van der Waals surface area contributed by atoms with E-state index in [9.17, 15) is 4.79 Å². The molecule has 1 aliphatic heterocycles. The molecular formula is C24H29ClN4O. The van der Waals surface area contributed by atoms with E-state index in [-0.39, 0.29) is 11.8 Å². The lowest BCUT2D eigenvalue weighted by Gasteiger charge is -2.22. The van der Waals surface area contributed by atoms with Gasteiger partial charge in [-0.05, 0) is 61.3 Å². The number of amides is 1. The Labute approximate surface area is 183 Å². The van der Waals surface area contributed by atoms with E-state index < -0.39 is 0 Å². The van der Waals surface area contributed by atoms with Crippen LogP contribution >= 0.6 is 11.6 Å². The Balaban J connectivity index is 1.82. The highest BCUT2D eigenvalue weighted by Crippen LogP contribution is 2.34. The molecule has 30 heavy (non-hydrogen) atoms. The average Bonchev–Trinajstić information content (AvgIpc) is 2.87. The van der Waals surface area contributed by atoms with Crippen molar-refractivity contribution >= 4 is 28.4 Å². The van der Waals surface area contributed by atoms with Gasteiger partial charge in [-0.25, -0.2) is 0 Å². The summed E-state index contributed by atoms with van der Waals surface area (Å²) in [6.45, 7) is 4.91. The first-order chi connectivity index (χ1) is 14.5. The number of likely N-dealkylation sites (N-methyl/N-ethyl adjacent to an activating group) is 1. The van der Waals surface area contributed by atoms with Gasteiger partial charge in [0.05, 0.1) is 0 Å². The van der Waals surface area contributed by atoms with E-state index >= 15 is 0 Å². The van der Waals surface area contributed by atoms with E-state index in [4.69, 9.17) is 11.6 Å². The zero-order valence-corrected chi connectivity index (χ0v) is 18.7. The molecule has 4 rings (SSSR count). The Hall–Kier alpha value is -2.37. The van der Waals surface area contributed by atoms with Gasteiger partial charge in [0.15, 0.2) is 0 Å². The molecule has 1 aliphatic rings. The number of nitrogens with zero attached hydrogens (tertiary/aromatic N) is 3. The van der Waals surface area contributed by atoms with E-state index in [0.29, 0.717) is 6.42 Å². The zero-order valence-electron chi connectivity index (χ0n) is 17.9. The molecule has 0 radical (unpaired) electrons. The summed E-state index contributed by atoms with van der Waals surface area (Å²) in [6.07, 6.45) is 6.17. The monoisotopic (exact) mass is 424 g/mol. The van der Waals surface area contributed by atoms with Crippen LogP contribution in [0.15, 0.2) is 36.7 Å². The number of pyridine rings is 1. The van der Waals surface area contributed by atoms with Gasteiger partial charge in [0.25, 0.3) is 0 Å². The third-order valence-corrected chi connectivity index (χ3v) is 6.57. The summed E-state index contributed by atoms with van der Waals surface area (Å²) in [7, 11) is 3.88. The molecule has 2 aromatic heterocycles. The Morgan fingerprint density at radius 3 is 2.83 bits per heavy atom. The molecule has 1 atom stereocenters. The molecule has 0 bridgehead atoms. The Kier molecular flexibility index (Phi) is 6.11. The van der Waals surface area contributed by atoms with Gasteiger partial charge in [0, 0.05) is 79.5 Å². The third kappa shape index (κ3) is 4.09. The van der Waals surface area contributed by atoms with Crippen LogP contribution in [0.4, 0.5) is 0 Å². The minimum Gasteiger partial charge on any atom is -0.359 e. The van der Waals surface area contributed by atoms with Crippen LogP contribution in [-0.2, 0) is 24.2 Å². The molecule has 0 aliphatic carbocycles. The van der Waals surface area contributed by atoms with E-state index in [0.717, 1.165) is 43.1 Å². The van der Waals surface area contributed by atoms with Crippen LogP contribution in [0, 0.1) is 6.92 Å². The van der Waals surface area contributed by atoms with Gasteiger partial charge in [-0.15, -0.1) is 0 Å². The average molecular weight is 425 g/mol. The van der Waals surface area contributed by atoms with Crippen LogP contribution in [0.1, 0.15) is 34.7 Å². The molecule has 0 spiro atoms. The normalized spacial score (nSPS) is 15.6. The van der Waals surface area contributed by atoms with Gasteiger partial charge in [-0.3, -0.25) is 9.78 Å². The van der Waals surface area contributed by atoms with Crippen molar-refractivity contribution in [2.75, 3.05) is 27.2 Å². The summed E-state index contributed by atoms with van der Waals surface area (Å²) < 4.78 is 2.44. The second-order valence-electron chi connectivity index (χ2n) is 8.31. The minimum atomic E-state index is 0.0570. The highest BCUT2D eigenvalue weighted by molar-refractivity contribution is 6.31. The van der Waals surface area contributed by atoms with Crippen molar-refractivity contribution in [2.45, 2.75) is 38.6 Å². The van der Waals surface area contributed by atoms with Crippen molar-refractivity contribution in [3.63, 3.8) is 0 Å². The maximum atomic E-state index is 12.4. The molecule has 1 unspecified atom stereocenters. The lowest BCUT2D eigenvalue weighted by Crippen LogP contribution is -2.24. The summed E-state index contributed by atoms with van der Waals surface area (Å²) >= 11 is 6.37. The van der Waals surface area contributed by atoms with E-state index in [2.05, 4.69) is 51.9 Å². The Bertz CT molecular complexity index is 1070. The lowest BCUT2D eigenvalue weighted by atomic mass is 9.92. The predicted molar refractivity (Wildman–Crippen MR) is 122 cm³/mol. The number of carbonyl (C=O) groups is 1. The largest absolute Gasteiger partial charge is 0.359 e. The quantitative estimate of drug-likeness (QED) is 0.674. The Morgan fingerprint density at radius 1 is 1.27 bits per heavy atom. The SMILES string of the molecule is CNC(=O)CC(Cn1c2c(c3cc(Cl)ccc31)CCN(C)CC2)c1ccncc1C. The molecule has 158 valence electrons. The first-order valence-electron chi connectivity index (χ1n) is 10.6. The van der Waals surface area contributed by atoms with Crippen molar-refractivity contribution in [1.29, 1.82) is 0 Å². The van der Waals surface area contributed by atoms with Crippen LogP contribution in [0.5, 0.6) is 0 Å². The third-order valence-electron chi connectivity index (χ3n) is 6.34.